The summed E-state index contributed by atoms with van der Waals surface area (Å²) in [5, 5.41) is 55.3. The number of aliphatic carboxylic acids is 2. The van der Waals surface area contributed by atoms with E-state index in [9.17, 15) is 66.3 Å². The molecule has 516 valence electrons. The third kappa shape index (κ3) is 20.3. The number of hydrogen-bond donors (Lipinski definition) is 8. The van der Waals surface area contributed by atoms with Gasteiger partial charge >= 0.3 is 24.3 Å². The Labute approximate surface area is 570 Å². The number of halogens is 8. The van der Waals surface area contributed by atoms with E-state index in [0.29, 0.717) is 39.9 Å². The Morgan fingerprint density at radius 1 is 0.384 bits per heavy atom. The zero-order chi connectivity index (χ0) is 72.3. The van der Waals surface area contributed by atoms with E-state index in [1.165, 1.54) is 105 Å². The number of aliphatic hydroxyl groups excluding tert-OH is 3. The molecule has 0 amide bonds. The molecule has 0 saturated heterocycles. The largest absolute Gasteiger partial charge is 0.480 e. The topological polar surface area (TPSA) is 188 Å². The molecule has 99 heavy (non-hydrogen) atoms. The van der Waals surface area contributed by atoms with Gasteiger partial charge in [0, 0.05) is 41.9 Å². The quantitative estimate of drug-likeness (QED) is 0.0212. The molecule has 9 aromatic carbocycles. The van der Waals surface area contributed by atoms with Crippen molar-refractivity contribution in [1.29, 1.82) is 0 Å². The Hall–Kier alpha value is -9.99. The molecule has 0 spiro atoms. The number of alkyl halides is 6. The molecule has 0 heterocycles. The maximum Gasteiger partial charge on any atom is 0.416 e. The first kappa shape index (κ1) is 76.4. The van der Waals surface area contributed by atoms with E-state index in [0.717, 1.165) is 34.4 Å². The lowest BCUT2D eigenvalue weighted by Gasteiger charge is -2.26. The number of carboxylic acid groups (broad SMARTS) is 2. The lowest BCUT2D eigenvalue weighted by atomic mass is 9.95. The molecule has 0 radical (unpaired) electrons. The van der Waals surface area contributed by atoms with Crippen molar-refractivity contribution < 1.29 is 75.0 Å². The Balaban J connectivity index is 0.000000209. The summed E-state index contributed by atoms with van der Waals surface area (Å²) in [4.78, 5) is 34.5. The molecule has 8 N–H and O–H groups in total. The molecule has 0 bridgehead atoms. The number of rotatable bonds is 24. The predicted molar refractivity (Wildman–Crippen MR) is 374 cm³/mol. The fraction of sp³-hybridized carbons (Fsp3) is 0.212. The highest BCUT2D eigenvalue weighted by Gasteiger charge is 2.36. The molecule has 3 atom stereocenters. The predicted octanol–water partition coefficient (Wildman–Crippen LogP) is 16.8. The molecule has 9 aromatic rings. The summed E-state index contributed by atoms with van der Waals surface area (Å²) in [6.07, 6.45) is -0.0200. The molecular formula is C80H77F8N3O8. The third-order valence-electron chi connectivity index (χ3n) is 16.9. The minimum atomic E-state index is -4.64. The molecular weight excluding hydrogens is 1280 g/mol. The SMILES string of the molecule is CC(=O)[C@@](C)(CO)NCc1ccc(C(F)(F)F)c(/C=C/c2cccc(-c3ccccc3)c2F)c1.C[C@@](CO)(NCc1ccc(C(F)(F)F)c(/C=C/c2cccc(-c3ccccc3)c2F)c1)C(=O)O.Cc1ccc(CN[C@@](C)(CO)C(=O)O)cc1/C=C/c1cccc(-c2ccccc2)c1C. The van der Waals surface area contributed by atoms with Crippen molar-refractivity contribution in [3.05, 3.63) is 284 Å². The van der Waals surface area contributed by atoms with Crippen LogP contribution in [0.2, 0.25) is 0 Å². The van der Waals surface area contributed by atoms with E-state index < -0.39 is 83.5 Å². The van der Waals surface area contributed by atoms with E-state index in [4.69, 9.17) is 0 Å². The van der Waals surface area contributed by atoms with Crippen molar-refractivity contribution in [2.45, 2.75) is 90.1 Å². The highest BCUT2D eigenvalue weighted by atomic mass is 19.4. The Morgan fingerprint density at radius 3 is 1.06 bits per heavy atom. The maximum absolute atomic E-state index is 15.1. The number of Topliss-reactive ketones (excluding diaryl/α,β-unsaturated/α-hetero) is 1. The molecule has 9 rings (SSSR count). The second kappa shape index (κ2) is 34.0. The summed E-state index contributed by atoms with van der Waals surface area (Å²) in [5.41, 5.74) is 4.75. The van der Waals surface area contributed by atoms with Gasteiger partial charge < -0.3 is 25.5 Å². The molecule has 0 fully saturated rings. The van der Waals surface area contributed by atoms with Crippen LogP contribution in [0, 0.1) is 25.5 Å². The van der Waals surface area contributed by atoms with Crippen LogP contribution in [0.15, 0.2) is 200 Å². The van der Waals surface area contributed by atoms with Gasteiger partial charge in [-0.2, -0.15) is 26.3 Å². The molecule has 0 aliphatic carbocycles. The van der Waals surface area contributed by atoms with Crippen LogP contribution in [0.5, 0.6) is 0 Å². The highest BCUT2D eigenvalue weighted by molar-refractivity contribution is 5.86. The Kier molecular flexibility index (Phi) is 26.2. The Bertz CT molecular complexity index is 4160. The molecule has 0 unspecified atom stereocenters. The van der Waals surface area contributed by atoms with Gasteiger partial charge in [-0.1, -0.05) is 212 Å². The van der Waals surface area contributed by atoms with Gasteiger partial charge in [0.2, 0.25) is 0 Å². The summed E-state index contributed by atoms with van der Waals surface area (Å²) >= 11 is 0. The van der Waals surface area contributed by atoms with Crippen LogP contribution in [0.1, 0.15) is 100 Å². The first-order valence-corrected chi connectivity index (χ1v) is 31.4. The van der Waals surface area contributed by atoms with E-state index in [1.54, 1.807) is 78.9 Å². The van der Waals surface area contributed by atoms with Gasteiger partial charge in [-0.05, 0) is 138 Å². The van der Waals surface area contributed by atoms with Gasteiger partial charge in [-0.15, -0.1) is 0 Å². The first-order chi connectivity index (χ1) is 46.9. The summed E-state index contributed by atoms with van der Waals surface area (Å²) in [6, 6.07) is 56.8. The van der Waals surface area contributed by atoms with Crippen molar-refractivity contribution in [2.24, 2.45) is 0 Å². The zero-order valence-electron chi connectivity index (χ0n) is 55.2. The normalized spacial score (nSPS) is 13.6. The number of hydrogen-bond acceptors (Lipinski definition) is 9. The minimum Gasteiger partial charge on any atom is -0.480 e. The van der Waals surface area contributed by atoms with Crippen LogP contribution in [-0.4, -0.2) is 79.7 Å². The smallest absolute Gasteiger partial charge is 0.416 e. The maximum atomic E-state index is 15.1. The number of carbonyl (C=O) groups excluding carboxylic acids is 1. The molecule has 19 heteroatoms. The number of nitrogens with one attached hydrogen (secondary N) is 3. The summed E-state index contributed by atoms with van der Waals surface area (Å²) in [5.74, 6) is -3.75. The van der Waals surface area contributed by atoms with E-state index in [2.05, 4.69) is 78.3 Å². The number of carboxylic acids is 2. The lowest BCUT2D eigenvalue weighted by molar-refractivity contribution is -0.146. The van der Waals surface area contributed by atoms with Crippen molar-refractivity contribution in [2.75, 3.05) is 19.8 Å². The summed E-state index contributed by atoms with van der Waals surface area (Å²) < 4.78 is 112. The fourth-order valence-corrected chi connectivity index (χ4v) is 10.1. The summed E-state index contributed by atoms with van der Waals surface area (Å²) in [6.45, 7) is 8.47. The second-order valence-electron chi connectivity index (χ2n) is 24.3. The van der Waals surface area contributed by atoms with E-state index in [1.807, 2.05) is 36.4 Å². The number of carbonyl (C=O) groups is 3. The van der Waals surface area contributed by atoms with Crippen LogP contribution in [-0.2, 0) is 46.4 Å². The number of aryl methyl sites for hydroxylation is 1. The highest BCUT2D eigenvalue weighted by Crippen LogP contribution is 2.37. The van der Waals surface area contributed by atoms with Crippen molar-refractivity contribution in [1.82, 2.24) is 16.0 Å². The molecule has 0 saturated carbocycles. The number of aliphatic hydroxyl groups is 3. The average molecular weight is 1360 g/mol. The monoisotopic (exact) mass is 1360 g/mol. The van der Waals surface area contributed by atoms with Gasteiger partial charge in [0.1, 0.15) is 22.7 Å². The van der Waals surface area contributed by atoms with Gasteiger partial charge in [-0.3, -0.25) is 30.3 Å². The fourth-order valence-electron chi connectivity index (χ4n) is 10.1. The van der Waals surface area contributed by atoms with E-state index >= 15 is 8.78 Å². The van der Waals surface area contributed by atoms with Gasteiger partial charge in [0.05, 0.1) is 36.5 Å². The zero-order valence-corrected chi connectivity index (χ0v) is 55.2. The van der Waals surface area contributed by atoms with Crippen LogP contribution < -0.4 is 16.0 Å². The molecule has 0 aliphatic heterocycles. The molecule has 0 aliphatic rings. The average Bonchev–Trinajstić information content (AvgIpc) is 0.822. The van der Waals surface area contributed by atoms with Crippen LogP contribution in [0.25, 0.3) is 69.8 Å². The lowest BCUT2D eigenvalue weighted by Crippen LogP contribution is -2.52. The number of ketones is 1. The van der Waals surface area contributed by atoms with Crippen LogP contribution in [0.3, 0.4) is 0 Å². The first-order valence-electron chi connectivity index (χ1n) is 31.4. The van der Waals surface area contributed by atoms with Crippen molar-refractivity contribution in [3.8, 4) is 33.4 Å². The molecule has 0 aromatic heterocycles. The van der Waals surface area contributed by atoms with Gasteiger partial charge in [0.15, 0.2) is 5.78 Å². The van der Waals surface area contributed by atoms with E-state index in [-0.39, 0.29) is 41.1 Å². The van der Waals surface area contributed by atoms with Crippen LogP contribution in [0.4, 0.5) is 35.1 Å². The third-order valence-corrected chi connectivity index (χ3v) is 16.9. The number of benzene rings is 9. The molecule has 11 nitrogen and oxygen atoms in total. The van der Waals surface area contributed by atoms with Crippen LogP contribution >= 0.6 is 0 Å². The van der Waals surface area contributed by atoms with Crippen molar-refractivity contribution >= 4 is 54.2 Å². The van der Waals surface area contributed by atoms with Gasteiger partial charge in [-0.25, -0.2) is 8.78 Å². The summed E-state index contributed by atoms with van der Waals surface area (Å²) in [7, 11) is 0. The second-order valence-corrected chi connectivity index (χ2v) is 24.3. The van der Waals surface area contributed by atoms with Gasteiger partial charge in [0.25, 0.3) is 0 Å². The standard InChI is InChI=1S/C27H25F4NO2.C27H29NO3.C26H23F4NO3/c1-18(34)26(2,17-33)32-16-19-11-14-24(27(29,30)31)22(15-19)13-12-21-9-6-10-23(25(21)28)20-7-4-3-5-8-20;1-19-12-13-21(17-28-27(3,18-29)26(30)31)16-24(19)15-14-22-10-7-11-25(20(22)2)23-8-5-4-6-9-23;1-25(16-32,24(33)34)31-15-17-10-13-22(26(28,29)30)20(14-17)12-11-19-8-5-9-21(23(19)27)18-6-3-2-4-7-18/h3-15,32-33H,16-17H2,1-2H3;4-16,28-29H,17-18H2,1-3H3,(H,30,31);2-14,31-32H,15-16H2,1H3,(H,33,34)/b13-12+;15-14+;12-11+/t26-;27-;25-/m100/s1. The Morgan fingerprint density at radius 2 is 0.697 bits per heavy atom. The minimum absolute atomic E-state index is 0.0630. The van der Waals surface area contributed by atoms with Crippen molar-refractivity contribution in [3.63, 3.8) is 0 Å².